The lowest BCUT2D eigenvalue weighted by atomic mass is 9.91. The number of rotatable bonds is 6. The Balaban J connectivity index is 2.39. The third-order valence-electron chi connectivity index (χ3n) is 3.22. The summed E-state index contributed by atoms with van der Waals surface area (Å²) in [4.78, 5) is 15.5. The Hall–Kier alpha value is -0.610. The second-order valence-electron chi connectivity index (χ2n) is 4.19. The van der Waals surface area contributed by atoms with E-state index in [4.69, 9.17) is 5.11 Å². The van der Waals surface area contributed by atoms with E-state index in [1.165, 1.54) is 19.3 Å². The van der Waals surface area contributed by atoms with Gasteiger partial charge in [0.15, 0.2) is 0 Å². The van der Waals surface area contributed by atoms with Crippen LogP contribution in [-0.2, 0) is 4.79 Å². The Kier molecular flexibility index (Phi) is 5.05. The topological polar surface area (TPSA) is 43.8 Å². The van der Waals surface area contributed by atoms with Gasteiger partial charge in [0.2, 0.25) is 5.91 Å². The smallest absolute Gasteiger partial charge is 0.236 e. The number of carbonyl (C=O) groups is 1. The molecule has 4 nitrogen and oxygen atoms in total. The monoisotopic (exact) mass is 214 g/mol. The number of amides is 1. The zero-order chi connectivity index (χ0) is 11.3. The maximum atomic E-state index is 11.7. The first kappa shape index (κ1) is 12.5. The highest BCUT2D eigenvalue weighted by molar-refractivity contribution is 5.77. The van der Waals surface area contributed by atoms with Crippen LogP contribution >= 0.6 is 0 Å². The molecule has 0 radical (unpaired) electrons. The Bertz CT molecular complexity index is 205. The maximum Gasteiger partial charge on any atom is 0.236 e. The molecular weight excluding hydrogens is 192 g/mol. The average Bonchev–Trinajstić information content (AvgIpc) is 2.14. The molecule has 0 aromatic rings. The van der Waals surface area contributed by atoms with E-state index in [1.807, 2.05) is 14.0 Å². The summed E-state index contributed by atoms with van der Waals surface area (Å²) in [6.07, 6.45) is 3.59. The van der Waals surface area contributed by atoms with Crippen LogP contribution in [0, 0.1) is 0 Å². The van der Waals surface area contributed by atoms with Gasteiger partial charge >= 0.3 is 0 Å². The molecule has 1 N–H and O–H groups in total. The molecule has 0 aromatic heterocycles. The lowest BCUT2D eigenvalue weighted by Gasteiger charge is -2.37. The van der Waals surface area contributed by atoms with E-state index in [9.17, 15) is 4.79 Å². The first-order valence-corrected chi connectivity index (χ1v) is 5.78. The van der Waals surface area contributed by atoms with Crippen molar-refractivity contribution in [1.82, 2.24) is 9.80 Å². The SMILES string of the molecule is CCN(C)C(=O)CN(CCO)C1CCC1. The summed E-state index contributed by atoms with van der Waals surface area (Å²) in [7, 11) is 1.82. The van der Waals surface area contributed by atoms with Gasteiger partial charge in [-0.1, -0.05) is 6.42 Å². The highest BCUT2D eigenvalue weighted by Crippen LogP contribution is 2.24. The van der Waals surface area contributed by atoms with Gasteiger partial charge in [0.05, 0.1) is 13.2 Å². The fourth-order valence-electron chi connectivity index (χ4n) is 1.74. The van der Waals surface area contributed by atoms with Crippen molar-refractivity contribution in [3.63, 3.8) is 0 Å². The second-order valence-corrected chi connectivity index (χ2v) is 4.19. The molecular formula is C11H22N2O2. The second kappa shape index (κ2) is 6.08. The van der Waals surface area contributed by atoms with Crippen LogP contribution in [0.3, 0.4) is 0 Å². The summed E-state index contributed by atoms with van der Waals surface area (Å²) in [5.41, 5.74) is 0. The van der Waals surface area contributed by atoms with Crippen LogP contribution in [0.2, 0.25) is 0 Å². The van der Waals surface area contributed by atoms with Gasteiger partial charge < -0.3 is 10.0 Å². The molecule has 0 unspecified atom stereocenters. The highest BCUT2D eigenvalue weighted by Gasteiger charge is 2.26. The summed E-state index contributed by atoms with van der Waals surface area (Å²) in [5, 5.41) is 8.95. The van der Waals surface area contributed by atoms with E-state index in [1.54, 1.807) is 4.90 Å². The summed E-state index contributed by atoms with van der Waals surface area (Å²) < 4.78 is 0. The van der Waals surface area contributed by atoms with Crippen molar-refractivity contribution in [2.75, 3.05) is 33.3 Å². The molecule has 4 heteroatoms. The minimum atomic E-state index is 0.139. The van der Waals surface area contributed by atoms with Crippen molar-refractivity contribution in [2.24, 2.45) is 0 Å². The molecule has 0 aromatic carbocycles. The molecule has 1 amide bonds. The zero-order valence-electron chi connectivity index (χ0n) is 9.78. The van der Waals surface area contributed by atoms with Crippen LogP contribution in [0.1, 0.15) is 26.2 Å². The predicted octanol–water partition coefficient (Wildman–Crippen LogP) is 0.311. The van der Waals surface area contributed by atoms with Crippen LogP contribution < -0.4 is 0 Å². The first-order chi connectivity index (χ1) is 7.19. The van der Waals surface area contributed by atoms with Crippen LogP contribution in [0.4, 0.5) is 0 Å². The Labute approximate surface area is 91.9 Å². The van der Waals surface area contributed by atoms with E-state index in [0.29, 0.717) is 19.1 Å². The van der Waals surface area contributed by atoms with Gasteiger partial charge in [-0.15, -0.1) is 0 Å². The standard InChI is InChI=1S/C11H22N2O2/c1-3-12(2)11(15)9-13(7-8-14)10-5-4-6-10/h10,14H,3-9H2,1-2H3. The molecule has 1 fully saturated rings. The molecule has 1 aliphatic rings. The Morgan fingerprint density at radius 3 is 2.53 bits per heavy atom. The lowest BCUT2D eigenvalue weighted by Crippen LogP contribution is -2.47. The number of nitrogens with zero attached hydrogens (tertiary/aromatic N) is 2. The van der Waals surface area contributed by atoms with Crippen LogP contribution in [0.25, 0.3) is 0 Å². The normalized spacial score (nSPS) is 16.5. The minimum Gasteiger partial charge on any atom is -0.395 e. The molecule has 0 spiro atoms. The molecule has 88 valence electrons. The van der Waals surface area contributed by atoms with E-state index >= 15 is 0 Å². The largest absolute Gasteiger partial charge is 0.395 e. The summed E-state index contributed by atoms with van der Waals surface area (Å²) in [6.45, 7) is 3.93. The van der Waals surface area contributed by atoms with Gasteiger partial charge in [-0.05, 0) is 19.8 Å². The molecule has 0 bridgehead atoms. The molecule has 0 heterocycles. The van der Waals surface area contributed by atoms with Crippen molar-refractivity contribution >= 4 is 5.91 Å². The van der Waals surface area contributed by atoms with Crippen LogP contribution in [0.15, 0.2) is 0 Å². The number of aliphatic hydroxyl groups excluding tert-OH is 1. The van der Waals surface area contributed by atoms with Crippen molar-refractivity contribution in [2.45, 2.75) is 32.2 Å². The molecule has 15 heavy (non-hydrogen) atoms. The van der Waals surface area contributed by atoms with E-state index < -0.39 is 0 Å². The lowest BCUT2D eigenvalue weighted by molar-refractivity contribution is -0.132. The Morgan fingerprint density at radius 1 is 1.47 bits per heavy atom. The molecule has 0 aliphatic heterocycles. The number of hydrogen-bond acceptors (Lipinski definition) is 3. The first-order valence-electron chi connectivity index (χ1n) is 5.78. The van der Waals surface area contributed by atoms with Crippen molar-refractivity contribution in [3.8, 4) is 0 Å². The minimum absolute atomic E-state index is 0.139. The highest BCUT2D eigenvalue weighted by atomic mass is 16.3. The Morgan fingerprint density at radius 2 is 2.13 bits per heavy atom. The molecule has 1 aliphatic carbocycles. The molecule has 0 saturated heterocycles. The van der Waals surface area contributed by atoms with Crippen LogP contribution in [0.5, 0.6) is 0 Å². The number of aliphatic hydroxyl groups is 1. The van der Waals surface area contributed by atoms with Gasteiger partial charge in [0, 0.05) is 26.2 Å². The summed E-state index contributed by atoms with van der Waals surface area (Å²) >= 11 is 0. The van der Waals surface area contributed by atoms with Crippen molar-refractivity contribution < 1.29 is 9.90 Å². The van der Waals surface area contributed by atoms with Gasteiger partial charge in [-0.2, -0.15) is 0 Å². The zero-order valence-corrected chi connectivity index (χ0v) is 9.78. The van der Waals surface area contributed by atoms with Crippen molar-refractivity contribution in [3.05, 3.63) is 0 Å². The predicted molar refractivity (Wildman–Crippen MR) is 59.6 cm³/mol. The van der Waals surface area contributed by atoms with Gasteiger partial charge in [0.25, 0.3) is 0 Å². The average molecular weight is 214 g/mol. The summed E-state index contributed by atoms with van der Waals surface area (Å²) in [5.74, 6) is 0.151. The van der Waals surface area contributed by atoms with Gasteiger partial charge in [0.1, 0.15) is 0 Å². The fourth-order valence-corrected chi connectivity index (χ4v) is 1.74. The van der Waals surface area contributed by atoms with Crippen molar-refractivity contribution in [1.29, 1.82) is 0 Å². The maximum absolute atomic E-state index is 11.7. The molecule has 0 atom stereocenters. The van der Waals surface area contributed by atoms with Crippen LogP contribution in [-0.4, -0.2) is 60.1 Å². The van der Waals surface area contributed by atoms with Gasteiger partial charge in [-0.3, -0.25) is 9.69 Å². The van der Waals surface area contributed by atoms with Gasteiger partial charge in [-0.25, -0.2) is 0 Å². The molecule has 1 rings (SSSR count). The van der Waals surface area contributed by atoms with E-state index in [0.717, 1.165) is 6.54 Å². The number of likely N-dealkylation sites (N-methyl/N-ethyl adjacent to an activating group) is 1. The fraction of sp³-hybridized carbons (Fsp3) is 0.909. The van der Waals surface area contributed by atoms with E-state index in [2.05, 4.69) is 4.90 Å². The number of carbonyl (C=O) groups excluding carboxylic acids is 1. The third kappa shape index (κ3) is 3.47. The third-order valence-corrected chi connectivity index (χ3v) is 3.22. The van der Waals surface area contributed by atoms with E-state index in [-0.39, 0.29) is 12.5 Å². The molecule has 1 saturated carbocycles. The quantitative estimate of drug-likeness (QED) is 0.692. The number of hydrogen-bond donors (Lipinski definition) is 1. The summed E-state index contributed by atoms with van der Waals surface area (Å²) in [6, 6.07) is 0.520.